The maximum atomic E-state index is 5.98. The number of piperidine rings is 1. The van der Waals surface area contributed by atoms with Gasteiger partial charge in [0.1, 0.15) is 0 Å². The first-order valence-electron chi connectivity index (χ1n) is 5.83. The molecule has 0 atom stereocenters. The molecule has 1 heterocycles. The lowest BCUT2D eigenvalue weighted by Crippen LogP contribution is -2.29. The van der Waals surface area contributed by atoms with Crippen LogP contribution in [-0.2, 0) is 6.54 Å². The van der Waals surface area contributed by atoms with Crippen molar-refractivity contribution in [3.8, 4) is 0 Å². The molecule has 1 saturated heterocycles. The summed E-state index contributed by atoms with van der Waals surface area (Å²) in [7, 11) is 0. The predicted molar refractivity (Wildman–Crippen MR) is 64.7 cm³/mol. The van der Waals surface area contributed by atoms with Gasteiger partial charge < -0.3 is 5.73 Å². The normalized spacial score (nSPS) is 17.9. The zero-order valence-electron chi connectivity index (χ0n) is 9.50. The van der Waals surface area contributed by atoms with E-state index in [0.717, 1.165) is 12.2 Å². The monoisotopic (exact) mass is 204 g/mol. The van der Waals surface area contributed by atoms with E-state index in [1.165, 1.54) is 43.5 Å². The molecule has 2 N–H and O–H groups in total. The zero-order chi connectivity index (χ0) is 10.7. The fourth-order valence-electron chi connectivity index (χ4n) is 2.23. The van der Waals surface area contributed by atoms with Gasteiger partial charge >= 0.3 is 0 Å². The maximum Gasteiger partial charge on any atom is 0.0359 e. The third-order valence-electron chi connectivity index (χ3n) is 3.14. The van der Waals surface area contributed by atoms with Crippen LogP contribution >= 0.6 is 0 Å². The predicted octanol–water partition coefficient (Wildman–Crippen LogP) is 2.56. The number of hydrogen-bond acceptors (Lipinski definition) is 2. The number of rotatable bonds is 2. The molecule has 1 aliphatic heterocycles. The average molecular weight is 204 g/mol. The van der Waals surface area contributed by atoms with Gasteiger partial charge in [-0.25, -0.2) is 0 Å². The van der Waals surface area contributed by atoms with Gasteiger partial charge in [0.2, 0.25) is 0 Å². The van der Waals surface area contributed by atoms with E-state index in [1.807, 2.05) is 6.07 Å². The Labute approximate surface area is 92.1 Å². The zero-order valence-corrected chi connectivity index (χ0v) is 9.50. The molecule has 1 aromatic carbocycles. The summed E-state index contributed by atoms with van der Waals surface area (Å²) in [6.07, 6.45) is 4.07. The molecule has 0 aliphatic carbocycles. The van der Waals surface area contributed by atoms with Gasteiger partial charge in [0.15, 0.2) is 0 Å². The summed E-state index contributed by atoms with van der Waals surface area (Å²) in [5.41, 5.74) is 9.51. The number of likely N-dealkylation sites (tertiary alicyclic amines) is 1. The molecule has 0 bridgehead atoms. The highest BCUT2D eigenvalue weighted by Gasteiger charge is 2.11. The van der Waals surface area contributed by atoms with Gasteiger partial charge in [0.05, 0.1) is 0 Å². The lowest BCUT2D eigenvalue weighted by Gasteiger charge is -2.27. The highest BCUT2D eigenvalue weighted by atomic mass is 15.1. The molecule has 0 spiro atoms. The fraction of sp³-hybridized carbons (Fsp3) is 0.538. The van der Waals surface area contributed by atoms with E-state index < -0.39 is 0 Å². The minimum absolute atomic E-state index is 0.936. The van der Waals surface area contributed by atoms with E-state index in [9.17, 15) is 0 Å². The number of nitrogen functional groups attached to an aromatic ring is 1. The second kappa shape index (κ2) is 4.67. The fourth-order valence-corrected chi connectivity index (χ4v) is 2.23. The Balaban J connectivity index is 2.05. The van der Waals surface area contributed by atoms with Crippen LogP contribution < -0.4 is 5.73 Å². The van der Waals surface area contributed by atoms with Crippen LogP contribution in [0.15, 0.2) is 18.2 Å². The van der Waals surface area contributed by atoms with Crippen LogP contribution in [0.2, 0.25) is 0 Å². The topological polar surface area (TPSA) is 29.3 Å². The highest BCUT2D eigenvalue weighted by Crippen LogP contribution is 2.18. The van der Waals surface area contributed by atoms with E-state index in [1.54, 1.807) is 0 Å². The molecule has 0 aromatic heterocycles. The van der Waals surface area contributed by atoms with Crippen LogP contribution in [0.25, 0.3) is 0 Å². The molecule has 2 nitrogen and oxygen atoms in total. The first-order chi connectivity index (χ1) is 7.25. The largest absolute Gasteiger partial charge is 0.398 e. The summed E-state index contributed by atoms with van der Waals surface area (Å²) in [5.74, 6) is 0. The second-order valence-electron chi connectivity index (χ2n) is 4.54. The number of nitrogens with zero attached hydrogens (tertiary/aromatic N) is 1. The summed E-state index contributed by atoms with van der Waals surface area (Å²) < 4.78 is 0. The van der Waals surface area contributed by atoms with Gasteiger partial charge in [-0.15, -0.1) is 0 Å². The van der Waals surface area contributed by atoms with E-state index in [4.69, 9.17) is 5.73 Å². The summed E-state index contributed by atoms with van der Waals surface area (Å²) >= 11 is 0. The van der Waals surface area contributed by atoms with Gasteiger partial charge in [-0.3, -0.25) is 4.90 Å². The third kappa shape index (κ3) is 2.72. The van der Waals surface area contributed by atoms with Crippen LogP contribution in [0.1, 0.15) is 30.4 Å². The molecular formula is C13H20N2. The molecular weight excluding hydrogens is 184 g/mol. The van der Waals surface area contributed by atoms with Crippen LogP contribution in [0.5, 0.6) is 0 Å². The van der Waals surface area contributed by atoms with Crippen molar-refractivity contribution < 1.29 is 0 Å². The van der Waals surface area contributed by atoms with Gasteiger partial charge in [0.25, 0.3) is 0 Å². The quantitative estimate of drug-likeness (QED) is 0.750. The first-order valence-corrected chi connectivity index (χ1v) is 5.83. The van der Waals surface area contributed by atoms with Crippen LogP contribution in [0.4, 0.5) is 5.69 Å². The van der Waals surface area contributed by atoms with Crippen LogP contribution in [0, 0.1) is 6.92 Å². The van der Waals surface area contributed by atoms with Crippen molar-refractivity contribution in [3.63, 3.8) is 0 Å². The van der Waals surface area contributed by atoms with Crippen molar-refractivity contribution >= 4 is 5.69 Å². The van der Waals surface area contributed by atoms with Crippen molar-refractivity contribution in [2.45, 2.75) is 32.7 Å². The van der Waals surface area contributed by atoms with E-state index in [2.05, 4.69) is 24.0 Å². The molecule has 1 aromatic rings. The number of aryl methyl sites for hydroxylation is 1. The third-order valence-corrected chi connectivity index (χ3v) is 3.14. The Kier molecular flexibility index (Phi) is 3.27. The van der Waals surface area contributed by atoms with Gasteiger partial charge in [-0.2, -0.15) is 0 Å². The molecule has 15 heavy (non-hydrogen) atoms. The Hall–Kier alpha value is -1.02. The number of hydrogen-bond donors (Lipinski definition) is 1. The van der Waals surface area contributed by atoms with Crippen LogP contribution in [0.3, 0.4) is 0 Å². The lowest BCUT2D eigenvalue weighted by atomic mass is 10.1. The molecule has 1 fully saturated rings. The maximum absolute atomic E-state index is 5.98. The second-order valence-corrected chi connectivity index (χ2v) is 4.54. The lowest BCUT2D eigenvalue weighted by molar-refractivity contribution is 0.221. The highest BCUT2D eigenvalue weighted by molar-refractivity contribution is 5.48. The average Bonchev–Trinajstić information content (AvgIpc) is 2.25. The Morgan fingerprint density at radius 2 is 1.93 bits per heavy atom. The molecule has 82 valence electrons. The molecule has 0 radical (unpaired) electrons. The van der Waals surface area contributed by atoms with Gasteiger partial charge in [0, 0.05) is 12.2 Å². The SMILES string of the molecule is Cc1ccc(N)c(CN2CCCCC2)c1. The van der Waals surface area contributed by atoms with Crippen molar-refractivity contribution in [2.24, 2.45) is 0 Å². The standard InChI is InChI=1S/C13H20N2/c1-11-5-6-13(14)12(9-11)10-15-7-3-2-4-8-15/h5-6,9H,2-4,7-8,10,14H2,1H3. The van der Waals surface area contributed by atoms with Crippen molar-refractivity contribution in [3.05, 3.63) is 29.3 Å². The molecule has 1 aliphatic rings. The summed E-state index contributed by atoms with van der Waals surface area (Å²) in [4.78, 5) is 2.51. The Morgan fingerprint density at radius 1 is 1.20 bits per heavy atom. The molecule has 0 saturated carbocycles. The Morgan fingerprint density at radius 3 is 2.67 bits per heavy atom. The first kappa shape index (κ1) is 10.5. The number of anilines is 1. The smallest absolute Gasteiger partial charge is 0.0359 e. The van der Waals surface area contributed by atoms with Gasteiger partial charge in [-0.05, 0) is 44.5 Å². The molecule has 2 heteroatoms. The Bertz CT molecular complexity index is 327. The van der Waals surface area contributed by atoms with E-state index >= 15 is 0 Å². The van der Waals surface area contributed by atoms with E-state index in [-0.39, 0.29) is 0 Å². The summed E-state index contributed by atoms with van der Waals surface area (Å²) in [6, 6.07) is 6.31. The van der Waals surface area contributed by atoms with Crippen molar-refractivity contribution in [1.29, 1.82) is 0 Å². The van der Waals surface area contributed by atoms with E-state index in [0.29, 0.717) is 0 Å². The number of benzene rings is 1. The van der Waals surface area contributed by atoms with Crippen LogP contribution in [-0.4, -0.2) is 18.0 Å². The summed E-state index contributed by atoms with van der Waals surface area (Å²) in [6.45, 7) is 5.60. The minimum Gasteiger partial charge on any atom is -0.398 e. The van der Waals surface area contributed by atoms with Crippen molar-refractivity contribution in [1.82, 2.24) is 4.90 Å². The molecule has 2 rings (SSSR count). The molecule has 0 unspecified atom stereocenters. The number of nitrogens with two attached hydrogens (primary N) is 1. The minimum atomic E-state index is 0.936. The molecule has 0 amide bonds. The van der Waals surface area contributed by atoms with Gasteiger partial charge in [-0.1, -0.05) is 24.1 Å². The summed E-state index contributed by atoms with van der Waals surface area (Å²) in [5, 5.41) is 0. The van der Waals surface area contributed by atoms with Crippen molar-refractivity contribution in [2.75, 3.05) is 18.8 Å².